The van der Waals surface area contributed by atoms with Gasteiger partial charge in [0.1, 0.15) is 0 Å². The van der Waals surface area contributed by atoms with Gasteiger partial charge in [0.25, 0.3) is 0 Å². The van der Waals surface area contributed by atoms with Crippen LogP contribution in [0.25, 0.3) is 0 Å². The van der Waals surface area contributed by atoms with Gasteiger partial charge in [0.05, 0.1) is 12.9 Å². The van der Waals surface area contributed by atoms with Gasteiger partial charge < -0.3 is 4.74 Å². The number of hydrogen-bond acceptors (Lipinski definition) is 1. The van der Waals surface area contributed by atoms with Crippen LogP contribution in [0.2, 0.25) is 0 Å². The van der Waals surface area contributed by atoms with Gasteiger partial charge in [-0.15, -0.1) is 0 Å². The number of hydrogen-bond donors (Lipinski definition) is 0. The molecule has 0 N–H and O–H groups in total. The third kappa shape index (κ3) is 8.58. The Morgan fingerprint density at radius 2 is 1.50 bits per heavy atom. The van der Waals surface area contributed by atoms with Gasteiger partial charge in [-0.25, -0.2) is 0 Å². The van der Waals surface area contributed by atoms with E-state index in [9.17, 15) is 0 Å². The van der Waals surface area contributed by atoms with Gasteiger partial charge in [-0.1, -0.05) is 55.0 Å². The summed E-state index contributed by atoms with van der Waals surface area (Å²) in [7, 11) is 1.72. The Morgan fingerprint density at radius 3 is 1.69 bits per heavy atom. The van der Waals surface area contributed by atoms with Gasteiger partial charge in [-0.05, 0) is 24.0 Å². The molecule has 98 valence electrons. The van der Waals surface area contributed by atoms with Gasteiger partial charge in [0, 0.05) is 6.42 Å². The number of methoxy groups -OCH3 is 1. The van der Waals surface area contributed by atoms with Crippen LogP contribution in [0.15, 0.2) is 23.5 Å². The summed E-state index contributed by atoms with van der Waals surface area (Å²) in [6.45, 7) is 20.5. The molecule has 0 aromatic carbocycles. The number of allylic oxidation sites excluding steroid dienone is 3. The van der Waals surface area contributed by atoms with Crippen molar-refractivity contribution in [3.05, 3.63) is 23.5 Å². The molecule has 0 spiro atoms. The molecule has 1 heteroatoms. The first-order valence-electron chi connectivity index (χ1n) is 6.47. The lowest BCUT2D eigenvalue weighted by Gasteiger charge is -2.14. The van der Waals surface area contributed by atoms with Crippen LogP contribution in [-0.2, 0) is 4.74 Å². The van der Waals surface area contributed by atoms with E-state index in [4.69, 9.17) is 4.74 Å². The molecule has 0 heterocycles. The molecule has 0 aliphatic carbocycles. The maximum atomic E-state index is 5.25. The van der Waals surface area contributed by atoms with Crippen molar-refractivity contribution in [3.8, 4) is 0 Å². The highest BCUT2D eigenvalue weighted by molar-refractivity contribution is 5.30. The normalized spacial score (nSPS) is 10.4. The first kappa shape index (κ1) is 20.7. The summed E-state index contributed by atoms with van der Waals surface area (Å²) in [6, 6.07) is 0. The van der Waals surface area contributed by atoms with Crippen molar-refractivity contribution in [2.75, 3.05) is 7.11 Å². The molecule has 0 saturated heterocycles. The minimum absolute atomic E-state index is 0.502. The zero-order valence-corrected chi connectivity index (χ0v) is 12.9. The lowest BCUT2D eigenvalue weighted by molar-refractivity contribution is 0.276. The van der Waals surface area contributed by atoms with E-state index in [1.807, 2.05) is 27.7 Å². The van der Waals surface area contributed by atoms with Crippen LogP contribution in [0.4, 0.5) is 0 Å². The molecule has 0 saturated carbocycles. The van der Waals surface area contributed by atoms with Crippen molar-refractivity contribution >= 4 is 0 Å². The standard InChI is InChI=1S/C11H20O.2C2H6/c1-7-11(12-6)10(5)9(4)8(2)3;2*1-2/h8H,4,7H2,1-3,5-6H3;2*1-2H3/b11-10-;;. The maximum Gasteiger partial charge on any atom is 0.0984 e. The highest BCUT2D eigenvalue weighted by atomic mass is 16.5. The summed E-state index contributed by atoms with van der Waals surface area (Å²) in [6.07, 6.45) is 0.939. The minimum Gasteiger partial charge on any atom is -0.501 e. The van der Waals surface area contributed by atoms with E-state index in [0.717, 1.165) is 12.2 Å². The summed E-state index contributed by atoms with van der Waals surface area (Å²) >= 11 is 0. The van der Waals surface area contributed by atoms with E-state index in [0.29, 0.717) is 5.92 Å². The molecule has 0 rings (SSSR count). The van der Waals surface area contributed by atoms with Gasteiger partial charge in [-0.2, -0.15) is 0 Å². The second kappa shape index (κ2) is 14.3. The molecular weight excluding hydrogens is 196 g/mol. The number of ether oxygens (including phenoxy) is 1. The Balaban J connectivity index is -0.000000376. The highest BCUT2D eigenvalue weighted by Crippen LogP contribution is 2.21. The summed E-state index contributed by atoms with van der Waals surface area (Å²) < 4.78 is 5.25. The minimum atomic E-state index is 0.502. The fourth-order valence-electron chi connectivity index (χ4n) is 1.17. The van der Waals surface area contributed by atoms with E-state index in [1.165, 1.54) is 11.1 Å². The van der Waals surface area contributed by atoms with Crippen LogP contribution >= 0.6 is 0 Å². The van der Waals surface area contributed by atoms with Crippen molar-refractivity contribution in [1.29, 1.82) is 0 Å². The Kier molecular flexibility index (Phi) is 18.4. The van der Waals surface area contributed by atoms with Crippen molar-refractivity contribution < 1.29 is 4.74 Å². The fraction of sp³-hybridized carbons (Fsp3) is 0.733. The van der Waals surface area contributed by atoms with Crippen molar-refractivity contribution in [2.45, 2.75) is 61.8 Å². The van der Waals surface area contributed by atoms with E-state index >= 15 is 0 Å². The Hall–Kier alpha value is -0.720. The molecule has 0 radical (unpaired) electrons. The van der Waals surface area contributed by atoms with E-state index < -0.39 is 0 Å². The molecule has 0 atom stereocenters. The molecule has 0 amide bonds. The Bertz CT molecular complexity index is 182. The van der Waals surface area contributed by atoms with Crippen LogP contribution < -0.4 is 0 Å². The summed E-state index contributed by atoms with van der Waals surface area (Å²) in [4.78, 5) is 0. The highest BCUT2D eigenvalue weighted by Gasteiger charge is 2.07. The second-order valence-electron chi connectivity index (χ2n) is 3.29. The lowest BCUT2D eigenvalue weighted by atomic mass is 9.96. The van der Waals surface area contributed by atoms with Crippen molar-refractivity contribution in [2.24, 2.45) is 5.92 Å². The Labute approximate surface area is 104 Å². The van der Waals surface area contributed by atoms with E-state index in [2.05, 4.69) is 34.3 Å². The van der Waals surface area contributed by atoms with E-state index in [1.54, 1.807) is 7.11 Å². The number of rotatable bonds is 4. The fourth-order valence-corrected chi connectivity index (χ4v) is 1.17. The molecule has 0 unspecified atom stereocenters. The van der Waals surface area contributed by atoms with Crippen molar-refractivity contribution in [3.63, 3.8) is 0 Å². The predicted molar refractivity (Wildman–Crippen MR) is 76.7 cm³/mol. The summed E-state index contributed by atoms with van der Waals surface area (Å²) in [5.41, 5.74) is 2.38. The van der Waals surface area contributed by atoms with Crippen LogP contribution in [0.1, 0.15) is 61.8 Å². The second-order valence-corrected chi connectivity index (χ2v) is 3.29. The van der Waals surface area contributed by atoms with Crippen LogP contribution in [0.3, 0.4) is 0 Å². The largest absolute Gasteiger partial charge is 0.501 e. The lowest BCUT2D eigenvalue weighted by Crippen LogP contribution is -1.99. The topological polar surface area (TPSA) is 9.23 Å². The summed E-state index contributed by atoms with van der Waals surface area (Å²) in [5, 5.41) is 0. The average Bonchev–Trinajstić information content (AvgIpc) is 2.34. The first-order chi connectivity index (χ1) is 7.54. The van der Waals surface area contributed by atoms with Gasteiger partial charge in [0.2, 0.25) is 0 Å². The molecule has 0 aliphatic rings. The monoisotopic (exact) mass is 228 g/mol. The zero-order valence-electron chi connectivity index (χ0n) is 12.9. The molecule has 1 nitrogen and oxygen atoms in total. The third-order valence-corrected chi connectivity index (χ3v) is 2.16. The van der Waals surface area contributed by atoms with Crippen LogP contribution in [0.5, 0.6) is 0 Å². The smallest absolute Gasteiger partial charge is 0.0984 e. The van der Waals surface area contributed by atoms with Crippen LogP contribution in [0, 0.1) is 5.92 Å². The quantitative estimate of drug-likeness (QED) is 0.451. The first-order valence-corrected chi connectivity index (χ1v) is 6.47. The molecular formula is C15H32O. The van der Waals surface area contributed by atoms with Gasteiger partial charge in [0.15, 0.2) is 0 Å². The maximum absolute atomic E-state index is 5.25. The molecule has 16 heavy (non-hydrogen) atoms. The van der Waals surface area contributed by atoms with Gasteiger partial charge >= 0.3 is 0 Å². The molecule has 0 aromatic heterocycles. The molecule has 0 aromatic rings. The molecule has 0 fully saturated rings. The summed E-state index contributed by atoms with van der Waals surface area (Å²) in [5.74, 6) is 1.55. The average molecular weight is 228 g/mol. The molecule has 0 aliphatic heterocycles. The van der Waals surface area contributed by atoms with Crippen LogP contribution in [-0.4, -0.2) is 7.11 Å². The zero-order chi connectivity index (χ0) is 13.7. The Morgan fingerprint density at radius 1 is 1.12 bits per heavy atom. The van der Waals surface area contributed by atoms with Gasteiger partial charge in [-0.3, -0.25) is 0 Å². The SMILES string of the molecule is C=C(/C(C)=C(/CC)OC)C(C)C.CC.CC. The molecule has 0 bridgehead atoms. The van der Waals surface area contributed by atoms with E-state index in [-0.39, 0.29) is 0 Å². The third-order valence-electron chi connectivity index (χ3n) is 2.16. The predicted octanol–water partition coefficient (Wildman–Crippen LogP) is 5.58. The van der Waals surface area contributed by atoms with Crippen molar-refractivity contribution in [1.82, 2.24) is 0 Å².